The number of aliphatic imine (C=N–C) groups is 4. The van der Waals surface area contributed by atoms with E-state index >= 15 is 0 Å². The highest BCUT2D eigenvalue weighted by Crippen LogP contribution is 2.47. The Morgan fingerprint density at radius 3 is 2.20 bits per heavy atom. The number of hydrogen-bond acceptors (Lipinski definition) is 8. The fourth-order valence-electron chi connectivity index (χ4n) is 4.61. The average molecular weight is 412 g/mol. The zero-order chi connectivity index (χ0) is 22.8. The van der Waals surface area contributed by atoms with E-state index in [4.69, 9.17) is 0 Å². The van der Waals surface area contributed by atoms with Gasteiger partial charge in [0.25, 0.3) is 0 Å². The van der Waals surface area contributed by atoms with E-state index in [0.29, 0.717) is 6.54 Å². The van der Waals surface area contributed by atoms with Gasteiger partial charge in [0.1, 0.15) is 11.6 Å². The summed E-state index contributed by atoms with van der Waals surface area (Å²) in [6.07, 6.45) is 14.2. The Hall–Kier alpha value is -3.00. The van der Waals surface area contributed by atoms with Crippen molar-refractivity contribution in [2.75, 3.05) is 6.54 Å². The predicted molar refractivity (Wildman–Crippen MR) is 112 cm³/mol. The maximum absolute atomic E-state index is 10.3. The van der Waals surface area contributed by atoms with Crippen LogP contribution >= 0.6 is 0 Å². The van der Waals surface area contributed by atoms with Crippen molar-refractivity contribution >= 4 is 24.3 Å². The van der Waals surface area contributed by atoms with Crippen molar-refractivity contribution in [2.24, 2.45) is 30.8 Å². The first-order valence-corrected chi connectivity index (χ1v) is 9.67. The molecule has 0 saturated heterocycles. The largest absolute Gasteiger partial charge is 0.235 e. The van der Waals surface area contributed by atoms with Crippen LogP contribution in [-0.2, 0) is 19.2 Å². The summed E-state index contributed by atoms with van der Waals surface area (Å²) in [7, 11) is 0. The van der Waals surface area contributed by atoms with E-state index in [-0.39, 0.29) is 16.9 Å². The van der Waals surface area contributed by atoms with Crippen LogP contribution in [0.3, 0.4) is 0 Å². The van der Waals surface area contributed by atoms with Crippen LogP contribution in [0, 0.1) is 10.8 Å². The molecule has 2 rings (SSSR count). The second-order valence-corrected chi connectivity index (χ2v) is 9.16. The predicted octanol–water partition coefficient (Wildman–Crippen LogP) is 3.54. The standard InChI is InChI=1S/C12H18N2O2.C10H10N2O2/c1-11(2)4-10(14-9-16)5-12(3,6-11)7-13-8-15;1-8-4-3-5-10(2,12-7-14)9(8)11-6-13/h10H,4-7H2,1-3H3;3-5,9H,1-2H3. The number of allylic oxidation sites excluding steroid dienone is 2. The van der Waals surface area contributed by atoms with Gasteiger partial charge in [-0.05, 0) is 49.5 Å². The van der Waals surface area contributed by atoms with Gasteiger partial charge in [-0.25, -0.2) is 29.2 Å². The summed E-state index contributed by atoms with van der Waals surface area (Å²) in [5.74, 6) is 0. The molecule has 160 valence electrons. The molecule has 30 heavy (non-hydrogen) atoms. The van der Waals surface area contributed by atoms with E-state index in [1.54, 1.807) is 31.2 Å². The molecule has 0 heterocycles. The van der Waals surface area contributed by atoms with Gasteiger partial charge in [0.15, 0.2) is 0 Å². The number of carbonyl (C=O) groups excluding carboxylic acids is 4. The van der Waals surface area contributed by atoms with E-state index in [1.807, 2.05) is 13.0 Å². The fourth-order valence-corrected chi connectivity index (χ4v) is 4.61. The third kappa shape index (κ3) is 7.11. The van der Waals surface area contributed by atoms with Crippen LogP contribution in [0.25, 0.3) is 0 Å². The molecule has 0 radical (unpaired) electrons. The fraction of sp³-hybridized carbons (Fsp3) is 0.636. The Bertz CT molecular complexity index is 883. The van der Waals surface area contributed by atoms with Crippen molar-refractivity contribution in [2.45, 2.75) is 71.5 Å². The summed E-state index contributed by atoms with van der Waals surface area (Å²) in [6, 6.07) is -0.445. The molecule has 0 spiro atoms. The van der Waals surface area contributed by atoms with Gasteiger partial charge in [-0.2, -0.15) is 9.98 Å². The minimum Gasteiger partial charge on any atom is -0.211 e. The minimum absolute atomic E-state index is 0.00750. The molecule has 0 aromatic heterocycles. The summed E-state index contributed by atoms with van der Waals surface area (Å²) >= 11 is 0. The molecule has 1 saturated carbocycles. The lowest BCUT2D eigenvalue weighted by molar-refractivity contribution is 0.0915. The zero-order valence-corrected chi connectivity index (χ0v) is 18.1. The van der Waals surface area contributed by atoms with Crippen LogP contribution in [0.1, 0.15) is 53.9 Å². The van der Waals surface area contributed by atoms with Crippen LogP contribution in [0.2, 0.25) is 0 Å². The summed E-state index contributed by atoms with van der Waals surface area (Å²) in [6.45, 7) is 10.4. The molecule has 4 unspecified atom stereocenters. The van der Waals surface area contributed by atoms with Gasteiger partial charge in [0, 0.05) is 0 Å². The van der Waals surface area contributed by atoms with Crippen LogP contribution < -0.4 is 0 Å². The number of isocyanates is 4. The van der Waals surface area contributed by atoms with E-state index in [0.717, 1.165) is 24.8 Å². The Balaban J connectivity index is 0.000000303. The van der Waals surface area contributed by atoms with Crippen LogP contribution in [-0.4, -0.2) is 48.5 Å². The third-order valence-corrected chi connectivity index (χ3v) is 5.43. The van der Waals surface area contributed by atoms with Gasteiger partial charge in [-0.1, -0.05) is 39.0 Å². The van der Waals surface area contributed by atoms with Crippen molar-refractivity contribution in [1.29, 1.82) is 0 Å². The number of rotatable bonds is 5. The van der Waals surface area contributed by atoms with Crippen molar-refractivity contribution in [3.8, 4) is 0 Å². The molecule has 0 aromatic carbocycles. The molecule has 0 bridgehead atoms. The van der Waals surface area contributed by atoms with Gasteiger partial charge in [0.05, 0.1) is 12.6 Å². The molecule has 0 aliphatic heterocycles. The zero-order valence-electron chi connectivity index (χ0n) is 18.1. The molecule has 0 N–H and O–H groups in total. The highest BCUT2D eigenvalue weighted by Gasteiger charge is 2.41. The highest BCUT2D eigenvalue weighted by molar-refractivity contribution is 5.44. The summed E-state index contributed by atoms with van der Waals surface area (Å²) < 4.78 is 0. The Morgan fingerprint density at radius 1 is 0.967 bits per heavy atom. The SMILES string of the molecule is CC1(C)CC(N=C=O)CC(C)(CN=C=O)C1.CC1=CC=CC(C)(N=C=O)C1N=C=O. The Kier molecular flexibility index (Phi) is 8.92. The van der Waals surface area contributed by atoms with Crippen LogP contribution in [0.15, 0.2) is 43.8 Å². The molecule has 4 atom stereocenters. The normalized spacial score (nSPS) is 31.2. The topological polar surface area (TPSA) is 118 Å². The monoisotopic (exact) mass is 412 g/mol. The molecule has 2 aliphatic carbocycles. The molecule has 2 aliphatic rings. The maximum atomic E-state index is 10.3. The lowest BCUT2D eigenvalue weighted by Gasteiger charge is -2.44. The molecule has 0 aromatic rings. The second-order valence-electron chi connectivity index (χ2n) is 9.16. The van der Waals surface area contributed by atoms with Crippen LogP contribution in [0.4, 0.5) is 0 Å². The Morgan fingerprint density at radius 2 is 1.63 bits per heavy atom. The van der Waals surface area contributed by atoms with E-state index in [2.05, 4.69) is 40.7 Å². The van der Waals surface area contributed by atoms with Crippen molar-refractivity contribution in [3.05, 3.63) is 23.8 Å². The minimum atomic E-state index is -0.808. The smallest absolute Gasteiger partial charge is 0.211 e. The van der Waals surface area contributed by atoms with Gasteiger partial charge < -0.3 is 0 Å². The van der Waals surface area contributed by atoms with Crippen LogP contribution in [0.5, 0.6) is 0 Å². The molecule has 0 amide bonds. The lowest BCUT2D eigenvalue weighted by Crippen LogP contribution is -2.39. The second kappa shape index (κ2) is 10.7. The number of hydrogen-bond donors (Lipinski definition) is 0. The van der Waals surface area contributed by atoms with Crippen molar-refractivity contribution in [1.82, 2.24) is 0 Å². The molecule has 8 heteroatoms. The van der Waals surface area contributed by atoms with Gasteiger partial charge in [-0.15, -0.1) is 0 Å². The first kappa shape index (κ1) is 25.0. The molecular formula is C22H28N4O4. The van der Waals surface area contributed by atoms with E-state index < -0.39 is 11.6 Å². The van der Waals surface area contributed by atoms with Gasteiger partial charge in [0.2, 0.25) is 24.3 Å². The summed E-state index contributed by atoms with van der Waals surface area (Å²) in [4.78, 5) is 55.8. The molecule has 8 nitrogen and oxygen atoms in total. The van der Waals surface area contributed by atoms with E-state index in [9.17, 15) is 19.2 Å². The van der Waals surface area contributed by atoms with E-state index in [1.165, 1.54) is 12.2 Å². The lowest BCUT2D eigenvalue weighted by atomic mass is 9.63. The average Bonchev–Trinajstić information content (AvgIpc) is 2.63. The highest BCUT2D eigenvalue weighted by atomic mass is 16.1. The first-order chi connectivity index (χ1) is 14.0. The maximum Gasteiger partial charge on any atom is 0.235 e. The van der Waals surface area contributed by atoms with Crippen molar-refractivity contribution in [3.63, 3.8) is 0 Å². The quantitative estimate of drug-likeness (QED) is 0.507. The molecular weight excluding hydrogens is 384 g/mol. The number of nitrogens with zero attached hydrogens (tertiary/aromatic N) is 4. The van der Waals surface area contributed by atoms with Crippen molar-refractivity contribution < 1.29 is 19.2 Å². The first-order valence-electron chi connectivity index (χ1n) is 9.67. The van der Waals surface area contributed by atoms with Gasteiger partial charge in [-0.3, -0.25) is 0 Å². The summed E-state index contributed by atoms with van der Waals surface area (Å²) in [5, 5.41) is 0. The Labute approximate surface area is 176 Å². The third-order valence-electron chi connectivity index (χ3n) is 5.43. The summed E-state index contributed by atoms with van der Waals surface area (Å²) in [5.41, 5.74) is 0.121. The molecule has 1 fully saturated rings. The van der Waals surface area contributed by atoms with Gasteiger partial charge >= 0.3 is 0 Å².